The first-order valence-corrected chi connectivity index (χ1v) is 15.5. The van der Waals surface area contributed by atoms with Gasteiger partial charge in [-0.25, -0.2) is 0 Å². The minimum absolute atomic E-state index is 0.0811. The lowest BCUT2D eigenvalue weighted by molar-refractivity contribution is -0.283. The van der Waals surface area contributed by atoms with E-state index in [2.05, 4.69) is 40.7 Å². The Labute approximate surface area is 230 Å². The maximum Gasteiger partial charge on any atom is 0.414 e. The van der Waals surface area contributed by atoms with Crippen molar-refractivity contribution >= 4 is 0 Å². The van der Waals surface area contributed by atoms with Crippen LogP contribution in [0.25, 0.3) is 0 Å². The lowest BCUT2D eigenvalue weighted by Crippen LogP contribution is -2.48. The van der Waals surface area contributed by atoms with Gasteiger partial charge in [0, 0.05) is 5.41 Å². The third-order valence-electron chi connectivity index (χ3n) is 11.9. The predicted molar refractivity (Wildman–Crippen MR) is 148 cm³/mol. The quantitative estimate of drug-likeness (QED) is 0.268. The van der Waals surface area contributed by atoms with Gasteiger partial charge in [-0.3, -0.25) is 0 Å². The van der Waals surface area contributed by atoms with Crippen LogP contribution in [0.15, 0.2) is 11.6 Å². The van der Waals surface area contributed by atoms with Gasteiger partial charge < -0.3 is 9.84 Å². The van der Waals surface area contributed by atoms with Crippen LogP contribution in [-0.2, 0) is 4.74 Å². The lowest BCUT2D eigenvalue weighted by atomic mass is 9.48. The molecule has 1 N–H and O–H groups in total. The lowest BCUT2D eigenvalue weighted by Gasteiger charge is -2.56. The topological polar surface area (TPSA) is 29.5 Å². The zero-order valence-corrected chi connectivity index (χ0v) is 25.4. The van der Waals surface area contributed by atoms with Gasteiger partial charge in [0.05, 0.1) is 0 Å². The van der Waals surface area contributed by atoms with Crippen LogP contribution in [-0.4, -0.2) is 23.7 Å². The summed E-state index contributed by atoms with van der Waals surface area (Å²) < 4.78 is 46.7. The molecular formula is C33H55F3O2. The molecule has 1 unspecified atom stereocenters. The molecule has 0 aliphatic heterocycles. The molecule has 4 aliphatic rings. The average molecular weight is 541 g/mol. The van der Waals surface area contributed by atoms with Crippen molar-refractivity contribution < 1.29 is 23.0 Å². The monoisotopic (exact) mass is 540 g/mol. The number of rotatable bonds is 6. The highest BCUT2D eigenvalue weighted by Gasteiger charge is 2.59. The molecule has 5 heteroatoms. The Morgan fingerprint density at radius 3 is 2.26 bits per heavy atom. The second-order valence-electron chi connectivity index (χ2n) is 16.1. The van der Waals surface area contributed by atoms with Gasteiger partial charge in [0.1, 0.15) is 0 Å². The molecule has 3 fully saturated rings. The fourth-order valence-electron chi connectivity index (χ4n) is 9.48. The van der Waals surface area contributed by atoms with Crippen molar-refractivity contribution in [3.63, 3.8) is 0 Å². The summed E-state index contributed by atoms with van der Waals surface area (Å²) in [5.74, 6) is 2.85. The standard InChI is InChI=1S/C33H55F3O2/c1-21(12-15-27(33(34,35)36)38-28(37)29(2,3)4)24-13-14-25-23-11-9-10-22-20-30(5,6)18-19-31(22,7)26(23)16-17-32(24,25)8/h10,21,23-28,37H,9,11-20H2,1-8H3/t21-,23-,24-,25+,26+,27-,28?,31+,32-/m1/s1. The van der Waals surface area contributed by atoms with E-state index < -0.39 is 24.0 Å². The number of halogens is 3. The largest absolute Gasteiger partial charge is 0.414 e. The highest BCUT2D eigenvalue weighted by Crippen LogP contribution is 2.67. The maximum atomic E-state index is 13.8. The second-order valence-corrected chi connectivity index (χ2v) is 16.1. The number of hydrogen-bond acceptors (Lipinski definition) is 2. The minimum Gasteiger partial charge on any atom is -0.367 e. The summed E-state index contributed by atoms with van der Waals surface area (Å²) >= 11 is 0. The molecule has 2 nitrogen and oxygen atoms in total. The van der Waals surface area contributed by atoms with Gasteiger partial charge in [0.25, 0.3) is 0 Å². The number of aliphatic hydroxyl groups is 1. The molecule has 0 aromatic heterocycles. The molecule has 9 atom stereocenters. The van der Waals surface area contributed by atoms with E-state index in [1.54, 1.807) is 26.3 Å². The Balaban J connectivity index is 1.45. The maximum absolute atomic E-state index is 13.8. The van der Waals surface area contributed by atoms with Gasteiger partial charge in [0.15, 0.2) is 12.4 Å². The van der Waals surface area contributed by atoms with Gasteiger partial charge in [-0.1, -0.05) is 67.0 Å². The molecule has 3 saturated carbocycles. The predicted octanol–water partition coefficient (Wildman–Crippen LogP) is 9.71. The molecule has 0 amide bonds. The van der Waals surface area contributed by atoms with Gasteiger partial charge in [0.2, 0.25) is 0 Å². The van der Waals surface area contributed by atoms with Crippen LogP contribution in [0.3, 0.4) is 0 Å². The third-order valence-corrected chi connectivity index (χ3v) is 11.9. The Bertz CT molecular complexity index is 870. The zero-order chi connectivity index (χ0) is 28.3. The fourth-order valence-corrected chi connectivity index (χ4v) is 9.48. The van der Waals surface area contributed by atoms with Crippen molar-refractivity contribution in [1.29, 1.82) is 0 Å². The number of hydrogen-bond donors (Lipinski definition) is 1. The van der Waals surface area contributed by atoms with Gasteiger partial charge in [-0.2, -0.15) is 13.2 Å². The molecule has 0 aromatic rings. The molecule has 0 saturated heterocycles. The van der Waals surface area contributed by atoms with Crippen LogP contribution >= 0.6 is 0 Å². The molecule has 0 bridgehead atoms. The SMILES string of the molecule is C[C@H](CC[C@@H](OC(O)C(C)(C)C)C(F)(F)F)[C@H]1CC[C@H]2[C@H]3CCC=C4CC(C)(C)CC[C@]4(C)[C@H]3CC[C@]12C. The summed E-state index contributed by atoms with van der Waals surface area (Å²) in [6.07, 6.45) is 6.34. The summed E-state index contributed by atoms with van der Waals surface area (Å²) in [6, 6.07) is 0. The fraction of sp³-hybridized carbons (Fsp3) is 0.939. The smallest absolute Gasteiger partial charge is 0.367 e. The van der Waals surface area contributed by atoms with Gasteiger partial charge >= 0.3 is 6.18 Å². The average Bonchev–Trinajstić information content (AvgIpc) is 3.07. The summed E-state index contributed by atoms with van der Waals surface area (Å²) in [5.41, 5.74) is 1.92. The van der Waals surface area contributed by atoms with Crippen LogP contribution in [0, 0.1) is 51.2 Å². The number of alkyl halides is 3. The van der Waals surface area contributed by atoms with Crippen molar-refractivity contribution in [3.8, 4) is 0 Å². The Morgan fingerprint density at radius 2 is 1.63 bits per heavy atom. The molecule has 0 aromatic carbocycles. The summed E-state index contributed by atoms with van der Waals surface area (Å²) in [6.45, 7) is 17.2. The van der Waals surface area contributed by atoms with E-state index in [1.807, 2.05) is 0 Å². The molecule has 220 valence electrons. The molecule has 4 aliphatic carbocycles. The van der Waals surface area contributed by atoms with Crippen LogP contribution in [0.5, 0.6) is 0 Å². The Morgan fingerprint density at radius 1 is 0.947 bits per heavy atom. The van der Waals surface area contributed by atoms with Crippen LogP contribution in [0.4, 0.5) is 13.2 Å². The first-order chi connectivity index (χ1) is 17.4. The number of aliphatic hydroxyl groups excluding tert-OH is 1. The van der Waals surface area contributed by atoms with E-state index in [0.29, 0.717) is 29.1 Å². The first kappa shape index (κ1) is 30.4. The summed E-state index contributed by atoms with van der Waals surface area (Å²) in [7, 11) is 0. The number of ether oxygens (including phenoxy) is 1. The summed E-state index contributed by atoms with van der Waals surface area (Å²) in [5, 5.41) is 10.2. The van der Waals surface area contributed by atoms with E-state index in [0.717, 1.165) is 18.3 Å². The van der Waals surface area contributed by atoms with E-state index in [-0.39, 0.29) is 17.8 Å². The van der Waals surface area contributed by atoms with Crippen molar-refractivity contribution in [2.45, 2.75) is 145 Å². The zero-order valence-electron chi connectivity index (χ0n) is 25.4. The number of fused-ring (bicyclic) bond motifs is 5. The Kier molecular flexibility index (Phi) is 8.30. The van der Waals surface area contributed by atoms with Crippen molar-refractivity contribution in [2.75, 3.05) is 0 Å². The first-order valence-electron chi connectivity index (χ1n) is 15.5. The minimum atomic E-state index is -4.47. The third kappa shape index (κ3) is 5.76. The highest BCUT2D eigenvalue weighted by molar-refractivity contribution is 5.24. The molecular weight excluding hydrogens is 485 g/mol. The normalized spacial score (nSPS) is 39.7. The van der Waals surface area contributed by atoms with E-state index in [1.165, 1.54) is 51.4 Å². The number of allylic oxidation sites excluding steroid dienone is 2. The Hall–Kier alpha value is -0.550. The van der Waals surface area contributed by atoms with Gasteiger partial charge in [-0.15, -0.1) is 0 Å². The molecule has 0 radical (unpaired) electrons. The van der Waals surface area contributed by atoms with E-state index in [4.69, 9.17) is 4.74 Å². The van der Waals surface area contributed by atoms with Crippen molar-refractivity contribution in [3.05, 3.63) is 11.6 Å². The second kappa shape index (κ2) is 10.4. The molecule has 38 heavy (non-hydrogen) atoms. The van der Waals surface area contributed by atoms with E-state index in [9.17, 15) is 18.3 Å². The van der Waals surface area contributed by atoms with Crippen LogP contribution < -0.4 is 0 Å². The van der Waals surface area contributed by atoms with Gasteiger partial charge in [-0.05, 0) is 116 Å². The summed E-state index contributed by atoms with van der Waals surface area (Å²) in [4.78, 5) is 0. The molecule has 0 heterocycles. The van der Waals surface area contributed by atoms with E-state index >= 15 is 0 Å². The van der Waals surface area contributed by atoms with Crippen molar-refractivity contribution in [1.82, 2.24) is 0 Å². The van der Waals surface area contributed by atoms with Crippen LogP contribution in [0.1, 0.15) is 126 Å². The van der Waals surface area contributed by atoms with Crippen molar-refractivity contribution in [2.24, 2.45) is 51.2 Å². The molecule has 0 spiro atoms. The molecule has 4 rings (SSSR count). The van der Waals surface area contributed by atoms with Crippen LogP contribution in [0.2, 0.25) is 0 Å². The highest BCUT2D eigenvalue weighted by atomic mass is 19.4.